The molecule has 17 heavy (non-hydrogen) atoms. The summed E-state index contributed by atoms with van der Waals surface area (Å²) in [4.78, 5) is 0. The molecule has 96 valence electrons. The Kier molecular flexibility index (Phi) is 4.83. The van der Waals surface area contributed by atoms with Gasteiger partial charge in [-0.1, -0.05) is 12.1 Å². The van der Waals surface area contributed by atoms with Crippen LogP contribution in [0.3, 0.4) is 0 Å². The highest BCUT2D eigenvalue weighted by molar-refractivity contribution is 7.91. The molecule has 2 atom stereocenters. The van der Waals surface area contributed by atoms with Gasteiger partial charge >= 0.3 is 0 Å². The van der Waals surface area contributed by atoms with Crippen molar-refractivity contribution in [1.82, 2.24) is 0 Å². The van der Waals surface area contributed by atoms with E-state index in [0.29, 0.717) is 6.42 Å². The van der Waals surface area contributed by atoms with E-state index in [1.54, 1.807) is 14.0 Å². The Labute approximate surface area is 108 Å². The molecule has 3 nitrogen and oxygen atoms in total. The van der Waals surface area contributed by atoms with E-state index in [9.17, 15) is 8.42 Å². The van der Waals surface area contributed by atoms with Gasteiger partial charge in [-0.15, -0.1) is 11.6 Å². The van der Waals surface area contributed by atoms with Gasteiger partial charge in [-0.05, 0) is 31.0 Å². The molecule has 0 aliphatic heterocycles. The summed E-state index contributed by atoms with van der Waals surface area (Å²) >= 11 is 6.11. The lowest BCUT2D eigenvalue weighted by Gasteiger charge is -2.16. The van der Waals surface area contributed by atoms with E-state index < -0.39 is 20.5 Å². The standard InChI is InChI=1S/C12H17ClO3S/c1-9(17(3,14)15)12(13)8-10-4-6-11(16-2)7-5-10/h4-7,9,12H,8H2,1-3H3. The van der Waals surface area contributed by atoms with E-state index >= 15 is 0 Å². The molecule has 0 amide bonds. The van der Waals surface area contributed by atoms with Crippen molar-refractivity contribution in [1.29, 1.82) is 0 Å². The van der Waals surface area contributed by atoms with E-state index in [1.165, 1.54) is 6.26 Å². The smallest absolute Gasteiger partial charge is 0.151 e. The van der Waals surface area contributed by atoms with Gasteiger partial charge < -0.3 is 4.74 Å². The Morgan fingerprint density at radius 1 is 1.29 bits per heavy atom. The fourth-order valence-electron chi connectivity index (χ4n) is 1.42. The first-order valence-corrected chi connectivity index (χ1v) is 7.69. The van der Waals surface area contributed by atoms with Gasteiger partial charge in [0.2, 0.25) is 0 Å². The van der Waals surface area contributed by atoms with Crippen LogP contribution in [0.2, 0.25) is 0 Å². The highest BCUT2D eigenvalue weighted by Crippen LogP contribution is 2.18. The summed E-state index contributed by atoms with van der Waals surface area (Å²) in [7, 11) is -1.49. The molecule has 5 heteroatoms. The zero-order valence-corrected chi connectivity index (χ0v) is 11.8. The third-order valence-electron chi connectivity index (χ3n) is 2.77. The maximum absolute atomic E-state index is 11.4. The highest BCUT2D eigenvalue weighted by Gasteiger charge is 2.24. The number of methoxy groups -OCH3 is 1. The van der Waals surface area contributed by atoms with Crippen molar-refractivity contribution in [2.24, 2.45) is 0 Å². The number of benzene rings is 1. The quantitative estimate of drug-likeness (QED) is 0.775. The van der Waals surface area contributed by atoms with Crippen LogP contribution < -0.4 is 4.74 Å². The fourth-order valence-corrected chi connectivity index (χ4v) is 2.79. The molecule has 0 aliphatic carbocycles. The average Bonchev–Trinajstić information content (AvgIpc) is 2.27. The molecule has 2 unspecified atom stereocenters. The molecule has 0 radical (unpaired) electrons. The molecular weight excluding hydrogens is 260 g/mol. The second kappa shape index (κ2) is 5.74. The van der Waals surface area contributed by atoms with Crippen LogP contribution in [-0.4, -0.2) is 32.4 Å². The molecule has 1 aromatic carbocycles. The van der Waals surface area contributed by atoms with Gasteiger partial charge in [-0.2, -0.15) is 0 Å². The Morgan fingerprint density at radius 2 is 1.82 bits per heavy atom. The molecule has 0 aliphatic rings. The van der Waals surface area contributed by atoms with Crippen LogP contribution in [0.1, 0.15) is 12.5 Å². The SMILES string of the molecule is COc1ccc(CC(Cl)C(C)S(C)(=O)=O)cc1. The monoisotopic (exact) mass is 276 g/mol. The Balaban J connectivity index is 2.71. The predicted octanol–water partition coefficient (Wildman–Crippen LogP) is 2.28. The zero-order chi connectivity index (χ0) is 13.1. The Hall–Kier alpha value is -0.740. The molecule has 0 aromatic heterocycles. The summed E-state index contributed by atoms with van der Waals surface area (Å²) in [5.74, 6) is 0.774. The van der Waals surface area contributed by atoms with Gasteiger partial charge in [-0.25, -0.2) is 8.42 Å². The summed E-state index contributed by atoms with van der Waals surface area (Å²) in [5.41, 5.74) is 1.00. The maximum Gasteiger partial charge on any atom is 0.151 e. The number of ether oxygens (including phenoxy) is 1. The summed E-state index contributed by atoms with van der Waals surface area (Å²) in [5, 5.41) is -0.968. The lowest BCUT2D eigenvalue weighted by atomic mass is 10.1. The topological polar surface area (TPSA) is 43.4 Å². The molecule has 0 fully saturated rings. The molecular formula is C12H17ClO3S. The van der Waals surface area contributed by atoms with E-state index in [-0.39, 0.29) is 0 Å². The third-order valence-corrected chi connectivity index (χ3v) is 5.14. The number of sulfone groups is 1. The van der Waals surface area contributed by atoms with Gasteiger partial charge in [0.05, 0.1) is 17.7 Å². The van der Waals surface area contributed by atoms with Crippen LogP contribution in [0.4, 0.5) is 0 Å². The first-order valence-electron chi connectivity index (χ1n) is 5.30. The number of hydrogen-bond acceptors (Lipinski definition) is 3. The third kappa shape index (κ3) is 4.21. The molecule has 0 bridgehead atoms. The average molecular weight is 277 g/mol. The van der Waals surface area contributed by atoms with E-state index in [4.69, 9.17) is 16.3 Å². The molecule has 0 heterocycles. The summed E-state index contributed by atoms with van der Waals surface area (Å²) in [6, 6.07) is 7.46. The second-order valence-corrected chi connectivity index (χ2v) is 7.07. The van der Waals surface area contributed by atoms with Crippen molar-refractivity contribution in [2.45, 2.75) is 24.0 Å². The van der Waals surface area contributed by atoms with Gasteiger partial charge in [0.15, 0.2) is 9.84 Å². The highest BCUT2D eigenvalue weighted by atomic mass is 35.5. The molecule has 0 spiro atoms. The second-order valence-electron chi connectivity index (χ2n) is 4.10. The van der Waals surface area contributed by atoms with Crippen LogP contribution in [0, 0.1) is 0 Å². The van der Waals surface area contributed by atoms with Gasteiger partial charge in [0.1, 0.15) is 5.75 Å². The number of rotatable bonds is 5. The first-order chi connectivity index (χ1) is 7.84. The fraction of sp³-hybridized carbons (Fsp3) is 0.500. The van der Waals surface area contributed by atoms with Gasteiger partial charge in [0.25, 0.3) is 0 Å². The van der Waals surface area contributed by atoms with Gasteiger partial charge in [0, 0.05) is 6.26 Å². The van der Waals surface area contributed by atoms with Crippen LogP contribution in [0.25, 0.3) is 0 Å². The van der Waals surface area contributed by atoms with Crippen molar-refractivity contribution in [3.05, 3.63) is 29.8 Å². The van der Waals surface area contributed by atoms with Gasteiger partial charge in [-0.3, -0.25) is 0 Å². The Bertz CT molecular complexity index is 453. The van der Waals surface area contributed by atoms with Crippen molar-refractivity contribution in [2.75, 3.05) is 13.4 Å². The van der Waals surface area contributed by atoms with Crippen molar-refractivity contribution < 1.29 is 13.2 Å². The first kappa shape index (κ1) is 14.3. The van der Waals surface area contributed by atoms with Crippen LogP contribution in [0.15, 0.2) is 24.3 Å². The normalized spacial score (nSPS) is 15.3. The number of alkyl halides is 1. The van der Waals surface area contributed by atoms with E-state index in [0.717, 1.165) is 11.3 Å². The minimum Gasteiger partial charge on any atom is -0.497 e. The maximum atomic E-state index is 11.4. The largest absolute Gasteiger partial charge is 0.497 e. The Morgan fingerprint density at radius 3 is 2.24 bits per heavy atom. The molecule has 0 N–H and O–H groups in total. The zero-order valence-electron chi connectivity index (χ0n) is 10.2. The van der Waals surface area contributed by atoms with E-state index in [1.807, 2.05) is 24.3 Å². The van der Waals surface area contributed by atoms with Crippen molar-refractivity contribution in [3.63, 3.8) is 0 Å². The molecule has 0 saturated carbocycles. The van der Waals surface area contributed by atoms with Crippen LogP contribution in [0.5, 0.6) is 5.75 Å². The van der Waals surface area contributed by atoms with Crippen molar-refractivity contribution in [3.8, 4) is 5.75 Å². The lowest BCUT2D eigenvalue weighted by molar-refractivity contribution is 0.414. The minimum atomic E-state index is -3.09. The molecule has 0 saturated heterocycles. The summed E-state index contributed by atoms with van der Waals surface area (Å²) in [6.07, 6.45) is 1.74. The predicted molar refractivity (Wildman–Crippen MR) is 70.6 cm³/mol. The minimum absolute atomic E-state index is 0.418. The lowest BCUT2D eigenvalue weighted by Crippen LogP contribution is -2.28. The number of halogens is 1. The number of hydrogen-bond donors (Lipinski definition) is 0. The summed E-state index contributed by atoms with van der Waals surface area (Å²) in [6.45, 7) is 1.64. The van der Waals surface area contributed by atoms with Crippen LogP contribution >= 0.6 is 11.6 Å². The van der Waals surface area contributed by atoms with E-state index in [2.05, 4.69) is 0 Å². The van der Waals surface area contributed by atoms with Crippen LogP contribution in [-0.2, 0) is 16.3 Å². The summed E-state index contributed by atoms with van der Waals surface area (Å²) < 4.78 is 27.8. The molecule has 1 rings (SSSR count). The molecule has 1 aromatic rings. The van der Waals surface area contributed by atoms with Crippen molar-refractivity contribution >= 4 is 21.4 Å².